The molecule has 0 saturated heterocycles. The van der Waals surface area contributed by atoms with Crippen LogP contribution in [0.5, 0.6) is 5.75 Å². The van der Waals surface area contributed by atoms with Crippen molar-refractivity contribution in [1.82, 2.24) is 5.32 Å². The molecule has 1 heterocycles. The van der Waals surface area contributed by atoms with Crippen molar-refractivity contribution in [3.05, 3.63) is 94.0 Å². The summed E-state index contributed by atoms with van der Waals surface area (Å²) in [6, 6.07) is 21.3. The molecular weight excluding hydrogens is 509 g/mol. The van der Waals surface area contributed by atoms with E-state index in [1.807, 2.05) is 18.2 Å². The number of rotatable bonds is 10. The molecule has 5 rings (SSSR count). The molecule has 0 amide bonds. The zero-order valence-corrected chi connectivity index (χ0v) is 22.5. The Kier molecular flexibility index (Phi) is 7.89. The lowest BCUT2D eigenvalue weighted by molar-refractivity contribution is 0.164. The van der Waals surface area contributed by atoms with E-state index in [2.05, 4.69) is 29.6 Å². The summed E-state index contributed by atoms with van der Waals surface area (Å²) >= 11 is 6.17. The Morgan fingerprint density at radius 1 is 1.03 bits per heavy atom. The second kappa shape index (κ2) is 11.1. The molecule has 1 unspecified atom stereocenters. The molecule has 1 N–H and O–H groups in total. The molecule has 1 saturated carbocycles. The van der Waals surface area contributed by atoms with Crippen LogP contribution in [-0.2, 0) is 28.1 Å². The molecule has 3 aromatic rings. The van der Waals surface area contributed by atoms with E-state index in [0.717, 1.165) is 42.1 Å². The van der Waals surface area contributed by atoms with Crippen LogP contribution in [0.25, 0.3) is 0 Å². The number of sulfone groups is 1. The van der Waals surface area contributed by atoms with E-state index < -0.39 is 16.5 Å². The van der Waals surface area contributed by atoms with Gasteiger partial charge in [0.1, 0.15) is 5.75 Å². The molecular formula is C30H33ClFNO3S. The van der Waals surface area contributed by atoms with Crippen LogP contribution in [0.15, 0.2) is 71.6 Å². The van der Waals surface area contributed by atoms with Gasteiger partial charge in [-0.25, -0.2) is 8.42 Å². The lowest BCUT2D eigenvalue weighted by Crippen LogP contribution is -2.49. The van der Waals surface area contributed by atoms with E-state index in [4.69, 9.17) is 16.3 Å². The monoisotopic (exact) mass is 541 g/mol. The Balaban J connectivity index is 1.25. The average molecular weight is 542 g/mol. The summed E-state index contributed by atoms with van der Waals surface area (Å²) in [6.45, 7) is 0.809. The van der Waals surface area contributed by atoms with Crippen molar-refractivity contribution in [3.63, 3.8) is 0 Å². The van der Waals surface area contributed by atoms with Crippen molar-refractivity contribution in [3.8, 4) is 5.75 Å². The maximum Gasteiger partial charge on any atom is 0.178 e. The van der Waals surface area contributed by atoms with Gasteiger partial charge in [-0.2, -0.15) is 0 Å². The molecule has 1 atom stereocenters. The third kappa shape index (κ3) is 5.57. The van der Waals surface area contributed by atoms with E-state index in [9.17, 15) is 12.8 Å². The molecule has 0 radical (unpaired) electrons. The number of hydrogen-bond acceptors (Lipinski definition) is 4. The first kappa shape index (κ1) is 26.2. The van der Waals surface area contributed by atoms with Crippen LogP contribution < -0.4 is 10.1 Å². The van der Waals surface area contributed by atoms with Crippen LogP contribution >= 0.6 is 11.6 Å². The van der Waals surface area contributed by atoms with Crippen LogP contribution in [0.2, 0.25) is 5.02 Å². The third-order valence-electron chi connectivity index (χ3n) is 7.88. The van der Waals surface area contributed by atoms with E-state index in [0.29, 0.717) is 19.4 Å². The van der Waals surface area contributed by atoms with Gasteiger partial charge in [-0.15, -0.1) is 0 Å². The largest absolute Gasteiger partial charge is 0.494 e. The normalized spacial score (nSPS) is 18.6. The van der Waals surface area contributed by atoms with Crippen LogP contribution in [0, 0.1) is 0 Å². The Bertz CT molecular complexity index is 1320. The fraction of sp³-hybridized carbons (Fsp3) is 0.400. The van der Waals surface area contributed by atoms with Gasteiger partial charge in [0.25, 0.3) is 0 Å². The SMILES string of the molecule is O=S(=O)(CCCOc1ccc2c(c1)C(C1(c3ccc(Cl)cc3)CCC1)NCC2)c1ccc(CCF)cc1. The first-order chi connectivity index (χ1) is 17.9. The summed E-state index contributed by atoms with van der Waals surface area (Å²) in [5.74, 6) is 0.774. The highest BCUT2D eigenvalue weighted by Gasteiger charge is 2.47. The first-order valence-corrected chi connectivity index (χ1v) is 15.1. The highest BCUT2D eigenvalue weighted by atomic mass is 35.5. The lowest BCUT2D eigenvalue weighted by atomic mass is 9.58. The predicted molar refractivity (Wildman–Crippen MR) is 146 cm³/mol. The minimum atomic E-state index is -3.41. The predicted octanol–water partition coefficient (Wildman–Crippen LogP) is 6.40. The number of benzene rings is 3. The smallest absolute Gasteiger partial charge is 0.178 e. The van der Waals surface area contributed by atoms with Crippen molar-refractivity contribution < 1.29 is 17.5 Å². The molecule has 3 aromatic carbocycles. The molecule has 196 valence electrons. The van der Waals surface area contributed by atoms with Crippen LogP contribution in [-0.4, -0.2) is 34.0 Å². The molecule has 4 nitrogen and oxygen atoms in total. The lowest BCUT2D eigenvalue weighted by Gasteiger charge is -2.50. The van der Waals surface area contributed by atoms with E-state index in [-0.39, 0.29) is 22.1 Å². The van der Waals surface area contributed by atoms with Gasteiger partial charge in [-0.3, -0.25) is 4.39 Å². The number of alkyl halides is 1. The van der Waals surface area contributed by atoms with E-state index in [1.165, 1.54) is 23.1 Å². The Morgan fingerprint density at radius 2 is 1.78 bits per heavy atom. The van der Waals surface area contributed by atoms with Gasteiger partial charge < -0.3 is 10.1 Å². The molecule has 2 aliphatic rings. The minimum absolute atomic E-state index is 0.00422. The molecule has 1 aliphatic carbocycles. The number of aryl methyl sites for hydroxylation is 1. The topological polar surface area (TPSA) is 55.4 Å². The van der Waals surface area contributed by atoms with Gasteiger partial charge >= 0.3 is 0 Å². The van der Waals surface area contributed by atoms with Crippen LogP contribution in [0.3, 0.4) is 0 Å². The van der Waals surface area contributed by atoms with Crippen molar-refractivity contribution in [2.24, 2.45) is 0 Å². The Morgan fingerprint density at radius 3 is 2.46 bits per heavy atom. The van der Waals surface area contributed by atoms with Gasteiger partial charge in [-0.05, 0) is 90.9 Å². The van der Waals surface area contributed by atoms with Gasteiger partial charge in [0.2, 0.25) is 0 Å². The number of ether oxygens (including phenoxy) is 1. The summed E-state index contributed by atoms with van der Waals surface area (Å²) in [6.07, 6.45) is 5.13. The molecule has 1 fully saturated rings. The first-order valence-electron chi connectivity index (χ1n) is 13.0. The number of fused-ring (bicyclic) bond motifs is 1. The van der Waals surface area contributed by atoms with Gasteiger partial charge in [0.15, 0.2) is 9.84 Å². The van der Waals surface area contributed by atoms with Crippen molar-refractivity contribution in [1.29, 1.82) is 0 Å². The maximum atomic E-state index is 12.7. The molecule has 1 aliphatic heterocycles. The fourth-order valence-electron chi connectivity index (χ4n) is 5.73. The molecule has 0 bridgehead atoms. The quantitative estimate of drug-likeness (QED) is 0.302. The highest BCUT2D eigenvalue weighted by Crippen LogP contribution is 2.53. The average Bonchev–Trinajstić information content (AvgIpc) is 2.88. The number of nitrogens with one attached hydrogen (secondary N) is 1. The summed E-state index contributed by atoms with van der Waals surface area (Å²) < 4.78 is 44.0. The van der Waals surface area contributed by atoms with Crippen LogP contribution in [0.1, 0.15) is 54.0 Å². The maximum absolute atomic E-state index is 12.7. The molecule has 37 heavy (non-hydrogen) atoms. The molecule has 0 aromatic heterocycles. The van der Waals surface area contributed by atoms with Gasteiger partial charge in [0, 0.05) is 22.9 Å². The zero-order chi connectivity index (χ0) is 25.9. The number of hydrogen-bond donors (Lipinski definition) is 1. The number of halogens is 2. The van der Waals surface area contributed by atoms with Gasteiger partial charge in [-0.1, -0.05) is 48.4 Å². The van der Waals surface area contributed by atoms with Crippen molar-refractivity contribution in [2.45, 2.75) is 54.9 Å². The van der Waals surface area contributed by atoms with Crippen molar-refractivity contribution in [2.75, 3.05) is 25.6 Å². The Labute approximate surface area is 224 Å². The third-order valence-corrected chi connectivity index (χ3v) is 9.95. The van der Waals surface area contributed by atoms with Gasteiger partial charge in [0.05, 0.1) is 23.9 Å². The van der Waals surface area contributed by atoms with E-state index in [1.54, 1.807) is 24.3 Å². The second-order valence-corrected chi connectivity index (χ2v) is 12.7. The summed E-state index contributed by atoms with van der Waals surface area (Å²) in [5, 5.41) is 4.54. The van der Waals surface area contributed by atoms with Crippen molar-refractivity contribution >= 4 is 21.4 Å². The van der Waals surface area contributed by atoms with Crippen LogP contribution in [0.4, 0.5) is 4.39 Å². The Hall–Kier alpha value is -2.41. The second-order valence-electron chi connectivity index (χ2n) is 10.1. The highest BCUT2D eigenvalue weighted by molar-refractivity contribution is 7.91. The standard InChI is InChI=1S/C30H33ClFNO3S/c31-25-8-6-24(7-9-25)30(15-1-16-30)29-28-21-26(10-5-23(28)14-18-33-29)36-19-2-20-37(34,35)27-11-3-22(4-12-27)13-17-32/h3-12,21,29,33H,1-2,13-20H2. The van der Waals surface area contributed by atoms with E-state index >= 15 is 0 Å². The summed E-state index contributed by atoms with van der Waals surface area (Å²) in [7, 11) is -3.41. The fourth-order valence-corrected chi connectivity index (χ4v) is 7.14. The molecule has 0 spiro atoms. The molecule has 7 heteroatoms. The minimum Gasteiger partial charge on any atom is -0.494 e. The summed E-state index contributed by atoms with van der Waals surface area (Å²) in [4.78, 5) is 0.269. The zero-order valence-electron chi connectivity index (χ0n) is 20.9. The summed E-state index contributed by atoms with van der Waals surface area (Å²) in [5.41, 5.74) is 4.79.